The average molecular weight is 1370 g/mol. The van der Waals surface area contributed by atoms with Gasteiger partial charge in [-0.25, -0.2) is 0 Å². The summed E-state index contributed by atoms with van der Waals surface area (Å²) in [5, 5.41) is 112. The van der Waals surface area contributed by atoms with Crippen LogP contribution >= 0.6 is 11.6 Å². The minimum Gasteiger partial charge on any atom is -0.481 e. The smallest absolute Gasteiger partial charge is 0.451 e. The maximum atomic E-state index is 11.2. The number of benzene rings is 1. The van der Waals surface area contributed by atoms with Gasteiger partial charge in [0.2, 0.25) is 0 Å². The molecule has 5 unspecified atom stereocenters. The highest BCUT2D eigenvalue weighted by Gasteiger charge is 2.20. The number of nitrogens with zero attached hydrogens (tertiary/aromatic N) is 2. The van der Waals surface area contributed by atoms with E-state index in [9.17, 15) is 14.7 Å². The van der Waals surface area contributed by atoms with Crippen LogP contribution in [0, 0.1) is 11.8 Å². The van der Waals surface area contributed by atoms with Gasteiger partial charge in [-0.3, -0.25) is 9.59 Å². The van der Waals surface area contributed by atoms with Crippen molar-refractivity contribution >= 4 is 77.6 Å². The van der Waals surface area contributed by atoms with Crippen LogP contribution in [0.4, 0.5) is 0 Å². The molecule has 0 radical (unpaired) electrons. The minimum absolute atomic E-state index is 0.250. The standard InChI is InChI=1S/C14H20BClO4.C14H31BN2O2.C13H29BN2O2.C11H25BN2O2.C8H17BO4.3CO2/c16-13-8-5-11(6-9-13)4-7-12(14(17)18)3-1-2-10-15(19)20;1-16-14(8-3-4-10-15(18)19)9-7-13-17-11-5-2-6-12-17;15-13(7-2-3-9-14(17)18)8-6-12-16-10-4-1-5-11-16;13-10(4-1-2-8-12(15)16)6-7-11-5-3-9-14-11;1-2-7(8(10)11)5-3-4-6-9(12)13;3*2-1-3/h5-6,8-9,12,19-20H,1-4,7,10H2,(H,17,18);14,16,18-19H,2-13H2,1H3;13,17-18H,1-12,15H2;10-11,14-16H,1-9,13H2;7,12-13H,2-6H2,1H3,(H,10,11);;;/t;;;10?,11-;;;;/m...0..../s1. The van der Waals surface area contributed by atoms with Crippen LogP contribution in [-0.2, 0) is 44.8 Å². The monoisotopic (exact) mass is 1370 g/mol. The van der Waals surface area contributed by atoms with Gasteiger partial charge in [-0.1, -0.05) is 108 Å². The molecule has 3 heterocycles. The number of carboxylic acid groups (broad SMARTS) is 2. The summed E-state index contributed by atoms with van der Waals surface area (Å²) in [4.78, 5) is 75.6. The molecule has 95 heavy (non-hydrogen) atoms. The number of carbonyl (C=O) groups excluding carboxylic acids is 6. The highest BCUT2D eigenvalue weighted by atomic mass is 35.5. The van der Waals surface area contributed by atoms with Gasteiger partial charge in [-0.2, -0.15) is 28.8 Å². The topological polar surface area (TPSA) is 462 Å². The van der Waals surface area contributed by atoms with Crippen LogP contribution < -0.4 is 22.1 Å². The lowest BCUT2D eigenvalue weighted by Crippen LogP contribution is -2.32. The molecule has 3 aliphatic rings. The second kappa shape index (κ2) is 71.6. The Morgan fingerprint density at radius 3 is 1.22 bits per heavy atom. The Balaban J connectivity index is -0.000000530. The lowest BCUT2D eigenvalue weighted by Gasteiger charge is -2.27. The Morgan fingerprint density at radius 2 is 0.863 bits per heavy atom. The van der Waals surface area contributed by atoms with Gasteiger partial charge in [-0.05, 0) is 231 Å². The Kier molecular flexibility index (Phi) is 73.6. The molecular weight excluding hydrogens is 1250 g/mol. The zero-order chi connectivity index (χ0) is 72.3. The van der Waals surface area contributed by atoms with Crippen LogP contribution in [0.2, 0.25) is 36.6 Å². The third kappa shape index (κ3) is 72.8. The molecular formula is C63H122B5ClN6O20. The van der Waals surface area contributed by atoms with Crippen LogP contribution in [0.25, 0.3) is 0 Å². The van der Waals surface area contributed by atoms with Gasteiger partial charge in [0.1, 0.15) is 0 Å². The Labute approximate surface area is 573 Å². The van der Waals surface area contributed by atoms with E-state index in [1.807, 2.05) is 26.1 Å². The number of hydrogen-bond acceptors (Lipinski definition) is 24. The summed E-state index contributed by atoms with van der Waals surface area (Å²) in [7, 11) is -3.96. The molecule has 0 aromatic heterocycles. The van der Waals surface area contributed by atoms with Crippen molar-refractivity contribution in [3.8, 4) is 0 Å². The predicted octanol–water partition coefficient (Wildman–Crippen LogP) is 4.80. The number of carboxylic acids is 2. The van der Waals surface area contributed by atoms with Gasteiger partial charge in [0.05, 0.1) is 11.8 Å². The number of nitrogens with one attached hydrogen (secondary N) is 2. The van der Waals surface area contributed by atoms with Gasteiger partial charge >= 0.3 is 66.0 Å². The van der Waals surface area contributed by atoms with Gasteiger partial charge in [0.15, 0.2) is 0 Å². The number of nitrogens with two attached hydrogens (primary N) is 2. The summed E-state index contributed by atoms with van der Waals surface area (Å²) in [6, 6.07) is 9.24. The van der Waals surface area contributed by atoms with Crippen molar-refractivity contribution in [3.63, 3.8) is 0 Å². The predicted molar refractivity (Wildman–Crippen MR) is 370 cm³/mol. The fourth-order valence-corrected chi connectivity index (χ4v) is 11.3. The van der Waals surface area contributed by atoms with Crippen molar-refractivity contribution in [3.05, 3.63) is 34.9 Å². The van der Waals surface area contributed by atoms with E-state index in [1.165, 1.54) is 116 Å². The van der Waals surface area contributed by atoms with Crippen LogP contribution in [0.3, 0.4) is 0 Å². The molecule has 3 aliphatic heterocycles. The van der Waals surface area contributed by atoms with Crippen molar-refractivity contribution in [2.75, 3.05) is 52.9 Å². The summed E-state index contributed by atoms with van der Waals surface area (Å²) < 4.78 is 0. The van der Waals surface area contributed by atoms with Gasteiger partial charge in [0, 0.05) is 29.2 Å². The first-order chi connectivity index (χ1) is 45.4. The van der Waals surface area contributed by atoms with Crippen LogP contribution in [0.1, 0.15) is 212 Å². The van der Waals surface area contributed by atoms with Crippen LogP contribution in [-0.4, -0.2) is 213 Å². The summed E-state index contributed by atoms with van der Waals surface area (Å²) in [5.74, 6) is -2.21. The Bertz CT molecular complexity index is 1950. The fourth-order valence-electron chi connectivity index (χ4n) is 11.1. The highest BCUT2D eigenvalue weighted by molar-refractivity contribution is 6.42. The third-order valence-corrected chi connectivity index (χ3v) is 16.9. The zero-order valence-electron chi connectivity index (χ0n) is 57.3. The van der Waals surface area contributed by atoms with Gasteiger partial charge < -0.3 is 92.4 Å². The number of likely N-dealkylation sites (tertiary alicyclic amines) is 2. The van der Waals surface area contributed by atoms with E-state index in [0.29, 0.717) is 100 Å². The SMILES string of the molecule is CCC(CCCCB(O)O)C(=O)O.CNC(CCCCB(O)O)CCCN1CCCCC1.NC(CCCCB(O)O)CCCN1CCCCC1.NC(CCCCB(O)O)CC[C@@H]1CCCN1.O=C(O)C(CCCCB(O)O)CCc1ccc(Cl)cc1.O=C=O.O=C=O.O=C=O. The zero-order valence-corrected chi connectivity index (χ0v) is 58.1. The number of hydrogen-bond donors (Lipinski definition) is 16. The normalized spacial score (nSPS) is 15.5. The maximum Gasteiger partial charge on any atom is 0.451 e. The number of aliphatic carboxylic acids is 2. The molecule has 32 heteroatoms. The van der Waals surface area contributed by atoms with E-state index in [0.717, 1.165) is 89.2 Å². The highest BCUT2D eigenvalue weighted by Crippen LogP contribution is 2.21. The Hall–Kier alpha value is -3.73. The number of halogens is 1. The molecule has 18 N–H and O–H groups in total. The average Bonchev–Trinajstić information content (AvgIpc) is 3.30. The lowest BCUT2D eigenvalue weighted by molar-refractivity contribution is -0.193. The quantitative estimate of drug-likeness (QED) is 0.0308. The fraction of sp³-hybridized carbons (Fsp3) is 0.825. The van der Waals surface area contributed by atoms with Crippen LogP contribution in [0.5, 0.6) is 0 Å². The van der Waals surface area contributed by atoms with Crippen molar-refractivity contribution < 1.29 is 98.8 Å². The van der Waals surface area contributed by atoms with Crippen molar-refractivity contribution in [2.24, 2.45) is 23.3 Å². The second-order valence-corrected chi connectivity index (χ2v) is 25.1. The van der Waals surface area contributed by atoms with E-state index in [2.05, 4.69) is 20.4 Å². The largest absolute Gasteiger partial charge is 0.481 e. The molecule has 546 valence electrons. The van der Waals surface area contributed by atoms with E-state index in [4.69, 9.17) is 107 Å². The first-order valence-corrected chi connectivity index (χ1v) is 35.1. The van der Waals surface area contributed by atoms with Crippen molar-refractivity contribution in [1.82, 2.24) is 20.4 Å². The van der Waals surface area contributed by atoms with Crippen molar-refractivity contribution in [1.29, 1.82) is 0 Å². The van der Waals surface area contributed by atoms with Gasteiger partial charge in [-0.15, -0.1) is 0 Å². The lowest BCUT2D eigenvalue weighted by atomic mass is 9.82. The third-order valence-electron chi connectivity index (χ3n) is 16.7. The summed E-state index contributed by atoms with van der Waals surface area (Å²) >= 11 is 5.80. The van der Waals surface area contributed by atoms with E-state index in [1.54, 1.807) is 12.1 Å². The summed E-state index contributed by atoms with van der Waals surface area (Å²) in [6.45, 7) is 10.6. The number of piperidine rings is 2. The molecule has 0 amide bonds. The number of rotatable bonds is 43. The summed E-state index contributed by atoms with van der Waals surface area (Å²) in [6.07, 6.45) is 35.4. The molecule has 26 nitrogen and oxygen atoms in total. The van der Waals surface area contributed by atoms with E-state index < -0.39 is 47.5 Å². The molecule has 6 atom stereocenters. The molecule has 0 bridgehead atoms. The molecule has 0 spiro atoms. The number of aryl methyl sites for hydroxylation is 1. The second-order valence-electron chi connectivity index (χ2n) is 24.7. The van der Waals surface area contributed by atoms with Crippen LogP contribution in [0.15, 0.2) is 24.3 Å². The van der Waals surface area contributed by atoms with Gasteiger partial charge in [0.25, 0.3) is 0 Å². The van der Waals surface area contributed by atoms with Crippen molar-refractivity contribution in [2.45, 2.75) is 268 Å². The van der Waals surface area contributed by atoms with E-state index >= 15 is 0 Å². The Morgan fingerprint density at radius 1 is 0.516 bits per heavy atom. The van der Waals surface area contributed by atoms with E-state index in [-0.39, 0.29) is 42.4 Å². The molecule has 3 fully saturated rings. The summed E-state index contributed by atoms with van der Waals surface area (Å²) in [5.41, 5.74) is 13.2. The first-order valence-electron chi connectivity index (χ1n) is 34.7. The molecule has 0 saturated carbocycles. The maximum absolute atomic E-state index is 11.2. The number of unbranched alkanes of at least 4 members (excludes halogenated alkanes) is 5. The molecule has 3 saturated heterocycles. The molecule has 4 rings (SSSR count). The number of carbonyl (C=O) groups is 2. The molecule has 0 aliphatic carbocycles. The molecule has 1 aromatic rings. The minimum atomic E-state index is -1.30. The molecule has 1 aromatic carbocycles. The first kappa shape index (κ1) is 97.7.